The predicted octanol–water partition coefficient (Wildman–Crippen LogP) is 4.40. The summed E-state index contributed by atoms with van der Waals surface area (Å²) in [7, 11) is -0.920. The van der Waals surface area contributed by atoms with Gasteiger partial charge in [0.15, 0.2) is 11.5 Å². The van der Waals surface area contributed by atoms with Gasteiger partial charge in [0.2, 0.25) is 0 Å². The Morgan fingerprint density at radius 1 is 0.938 bits per heavy atom. The van der Waals surface area contributed by atoms with Crippen molar-refractivity contribution in [3.8, 4) is 11.5 Å². The number of benzene rings is 3. The molecule has 0 aromatic heterocycles. The van der Waals surface area contributed by atoms with E-state index in [-0.39, 0.29) is 22.0 Å². The van der Waals surface area contributed by atoms with Crippen LogP contribution in [-0.4, -0.2) is 28.5 Å². The monoisotopic (exact) mass is 474 g/mol. The average Bonchev–Trinajstić information content (AvgIpc) is 2.78. The van der Waals surface area contributed by atoms with Crippen LogP contribution in [0, 0.1) is 6.92 Å². The first kappa shape index (κ1) is 23.4. The zero-order chi connectivity index (χ0) is 23.3. The summed E-state index contributed by atoms with van der Waals surface area (Å²) < 4.78 is 38.6. The van der Waals surface area contributed by atoms with Crippen LogP contribution in [0.25, 0.3) is 0 Å². The van der Waals surface area contributed by atoms with E-state index in [4.69, 9.17) is 21.1 Å². The van der Waals surface area contributed by atoms with Crippen LogP contribution < -0.4 is 19.5 Å². The highest BCUT2D eigenvalue weighted by atomic mass is 35.5. The molecule has 0 atom stereocenters. The van der Waals surface area contributed by atoms with Crippen molar-refractivity contribution in [1.82, 2.24) is 5.32 Å². The molecule has 168 valence electrons. The van der Waals surface area contributed by atoms with Crippen LogP contribution in [-0.2, 0) is 16.6 Å². The second kappa shape index (κ2) is 9.93. The van der Waals surface area contributed by atoms with Gasteiger partial charge in [0.1, 0.15) is 4.90 Å². The van der Waals surface area contributed by atoms with Crippen LogP contribution in [0.4, 0.5) is 5.69 Å². The van der Waals surface area contributed by atoms with Crippen molar-refractivity contribution in [3.05, 3.63) is 82.4 Å². The minimum absolute atomic E-state index is 0.0149. The lowest BCUT2D eigenvalue weighted by Gasteiger charge is -2.12. The number of carbonyl (C=O) groups excluding carboxylic acids is 1. The molecule has 0 fully saturated rings. The summed E-state index contributed by atoms with van der Waals surface area (Å²) in [6.45, 7) is 2.12. The third-order valence-corrected chi connectivity index (χ3v) is 6.55. The quantitative estimate of drug-likeness (QED) is 0.504. The normalized spacial score (nSPS) is 11.0. The molecule has 0 aliphatic rings. The number of methoxy groups -OCH3 is 2. The van der Waals surface area contributed by atoms with E-state index in [1.807, 2.05) is 6.92 Å². The number of aryl methyl sites for hydroxylation is 1. The molecule has 2 N–H and O–H groups in total. The Morgan fingerprint density at radius 2 is 1.62 bits per heavy atom. The highest BCUT2D eigenvalue weighted by Gasteiger charge is 2.20. The lowest BCUT2D eigenvalue weighted by atomic mass is 10.1. The second-order valence-electron chi connectivity index (χ2n) is 6.99. The number of halogens is 1. The van der Waals surface area contributed by atoms with E-state index in [9.17, 15) is 13.2 Å². The van der Waals surface area contributed by atoms with Crippen molar-refractivity contribution in [2.24, 2.45) is 0 Å². The number of amides is 1. The smallest absolute Gasteiger partial charge is 0.263 e. The number of rotatable bonds is 8. The fourth-order valence-corrected chi connectivity index (χ4v) is 4.54. The van der Waals surface area contributed by atoms with Crippen molar-refractivity contribution < 1.29 is 22.7 Å². The van der Waals surface area contributed by atoms with Crippen LogP contribution in [0.1, 0.15) is 21.5 Å². The molecule has 0 aliphatic carbocycles. The zero-order valence-electron chi connectivity index (χ0n) is 17.8. The third-order valence-electron chi connectivity index (χ3n) is 4.69. The maximum atomic E-state index is 12.8. The molecule has 0 heterocycles. The summed E-state index contributed by atoms with van der Waals surface area (Å²) in [5.41, 5.74) is 2.35. The summed E-state index contributed by atoms with van der Waals surface area (Å²) in [6, 6.07) is 16.3. The molecule has 0 saturated carbocycles. The topological polar surface area (TPSA) is 93.7 Å². The number of anilines is 1. The fraction of sp³-hybridized carbons (Fsp3) is 0.174. The SMILES string of the molecule is COc1ccc(CNC(=O)c2ccc(Cl)c(S(=O)(=O)Nc3ccc(C)cc3)c2)cc1OC. The number of ether oxygens (including phenoxy) is 2. The molecular weight excluding hydrogens is 452 g/mol. The Hall–Kier alpha value is -3.23. The summed E-state index contributed by atoms with van der Waals surface area (Å²) in [5.74, 6) is 0.681. The molecule has 32 heavy (non-hydrogen) atoms. The maximum Gasteiger partial charge on any atom is 0.263 e. The van der Waals surface area contributed by atoms with E-state index in [2.05, 4.69) is 10.0 Å². The lowest BCUT2D eigenvalue weighted by molar-refractivity contribution is 0.0950. The van der Waals surface area contributed by atoms with Crippen LogP contribution in [0.5, 0.6) is 11.5 Å². The average molecular weight is 475 g/mol. The molecule has 3 rings (SSSR count). The van der Waals surface area contributed by atoms with Crippen LogP contribution in [0.15, 0.2) is 65.6 Å². The van der Waals surface area contributed by atoms with Gasteiger partial charge < -0.3 is 14.8 Å². The predicted molar refractivity (Wildman–Crippen MR) is 124 cm³/mol. The Kier molecular flexibility index (Phi) is 7.27. The Morgan fingerprint density at radius 3 is 2.28 bits per heavy atom. The zero-order valence-corrected chi connectivity index (χ0v) is 19.4. The van der Waals surface area contributed by atoms with Gasteiger partial charge in [0.25, 0.3) is 15.9 Å². The third kappa shape index (κ3) is 5.52. The second-order valence-corrected chi connectivity index (χ2v) is 9.05. The van der Waals surface area contributed by atoms with Crippen LogP contribution in [0.3, 0.4) is 0 Å². The number of sulfonamides is 1. The molecule has 0 bridgehead atoms. The van der Waals surface area contributed by atoms with Gasteiger partial charge in [-0.3, -0.25) is 9.52 Å². The van der Waals surface area contributed by atoms with Crippen LogP contribution in [0.2, 0.25) is 5.02 Å². The van der Waals surface area contributed by atoms with Crippen molar-refractivity contribution in [2.75, 3.05) is 18.9 Å². The number of nitrogens with one attached hydrogen (secondary N) is 2. The molecule has 0 radical (unpaired) electrons. The summed E-state index contributed by atoms with van der Waals surface area (Å²) in [6.07, 6.45) is 0. The lowest BCUT2D eigenvalue weighted by Crippen LogP contribution is -2.23. The molecule has 7 nitrogen and oxygen atoms in total. The molecule has 0 saturated heterocycles. The maximum absolute atomic E-state index is 12.8. The first-order valence-corrected chi connectivity index (χ1v) is 11.5. The van der Waals surface area contributed by atoms with Gasteiger partial charge in [0.05, 0.1) is 19.2 Å². The minimum Gasteiger partial charge on any atom is -0.493 e. The number of carbonyl (C=O) groups is 1. The van der Waals surface area contributed by atoms with E-state index in [0.29, 0.717) is 17.2 Å². The van der Waals surface area contributed by atoms with Gasteiger partial charge in [0, 0.05) is 17.8 Å². The highest BCUT2D eigenvalue weighted by molar-refractivity contribution is 7.92. The van der Waals surface area contributed by atoms with Crippen molar-refractivity contribution in [1.29, 1.82) is 0 Å². The molecule has 0 unspecified atom stereocenters. The molecule has 9 heteroatoms. The van der Waals surface area contributed by atoms with Gasteiger partial charge in [-0.2, -0.15) is 0 Å². The van der Waals surface area contributed by atoms with E-state index in [1.54, 1.807) is 49.6 Å². The van der Waals surface area contributed by atoms with E-state index >= 15 is 0 Å². The molecule has 0 spiro atoms. The van der Waals surface area contributed by atoms with Crippen molar-refractivity contribution in [3.63, 3.8) is 0 Å². The van der Waals surface area contributed by atoms with Gasteiger partial charge in [-0.15, -0.1) is 0 Å². The van der Waals surface area contributed by atoms with Crippen molar-refractivity contribution in [2.45, 2.75) is 18.4 Å². The van der Waals surface area contributed by atoms with E-state index < -0.39 is 15.9 Å². The Bertz CT molecular complexity index is 1230. The summed E-state index contributed by atoms with van der Waals surface area (Å²) >= 11 is 6.14. The van der Waals surface area contributed by atoms with Gasteiger partial charge in [-0.25, -0.2) is 8.42 Å². The fourth-order valence-electron chi connectivity index (χ4n) is 2.96. The Balaban J connectivity index is 1.77. The molecule has 3 aromatic carbocycles. The molecule has 1 amide bonds. The first-order valence-electron chi connectivity index (χ1n) is 9.61. The first-order chi connectivity index (χ1) is 15.2. The highest BCUT2D eigenvalue weighted by Crippen LogP contribution is 2.28. The van der Waals surface area contributed by atoms with Gasteiger partial charge in [-0.05, 0) is 55.0 Å². The van der Waals surface area contributed by atoms with E-state index in [0.717, 1.165) is 11.1 Å². The van der Waals surface area contributed by atoms with Crippen molar-refractivity contribution >= 4 is 33.2 Å². The number of hydrogen-bond acceptors (Lipinski definition) is 5. The molecule has 3 aromatic rings. The number of hydrogen-bond donors (Lipinski definition) is 2. The Labute approximate surface area is 192 Å². The van der Waals surface area contributed by atoms with E-state index in [1.165, 1.54) is 25.3 Å². The molecule has 0 aliphatic heterocycles. The standard InChI is InChI=1S/C23H23ClN2O5S/c1-15-4-8-18(9-5-15)26-32(28,29)22-13-17(7-10-19(22)24)23(27)25-14-16-6-11-20(30-2)21(12-16)31-3/h4-13,26H,14H2,1-3H3,(H,25,27). The van der Waals surface area contributed by atoms with Crippen LogP contribution >= 0.6 is 11.6 Å². The minimum atomic E-state index is -3.99. The summed E-state index contributed by atoms with van der Waals surface area (Å²) in [4.78, 5) is 12.5. The summed E-state index contributed by atoms with van der Waals surface area (Å²) in [5, 5.41) is 2.78. The largest absolute Gasteiger partial charge is 0.493 e. The molecular formula is C23H23ClN2O5S. The van der Waals surface area contributed by atoms with Gasteiger partial charge >= 0.3 is 0 Å². The van der Waals surface area contributed by atoms with Gasteiger partial charge in [-0.1, -0.05) is 35.4 Å².